The summed E-state index contributed by atoms with van der Waals surface area (Å²) in [5.41, 5.74) is 1.11. The molecule has 2 rings (SSSR count). The third-order valence-corrected chi connectivity index (χ3v) is 4.13. The minimum absolute atomic E-state index is 0.0279. The molecule has 1 heterocycles. The molecule has 2 heteroatoms. The van der Waals surface area contributed by atoms with E-state index in [0.717, 1.165) is 18.4 Å². The molecule has 0 aromatic heterocycles. The molecule has 1 fully saturated rings. The summed E-state index contributed by atoms with van der Waals surface area (Å²) >= 11 is 0. The quantitative estimate of drug-likeness (QED) is 0.608. The SMILES string of the molecule is C=C[C@@](C)(/C=C/c1ccc(O)cc1)CCC1OC1(C)C. The number of ether oxygens (including phenoxy) is 1. The topological polar surface area (TPSA) is 32.8 Å². The minimum Gasteiger partial charge on any atom is -0.508 e. The van der Waals surface area contributed by atoms with E-state index in [1.54, 1.807) is 12.1 Å². The second-order valence-electron chi connectivity index (χ2n) is 6.38. The highest BCUT2D eigenvalue weighted by Crippen LogP contribution is 2.41. The van der Waals surface area contributed by atoms with Gasteiger partial charge in [0.25, 0.3) is 0 Å². The van der Waals surface area contributed by atoms with Crippen LogP contribution < -0.4 is 0 Å². The van der Waals surface area contributed by atoms with Gasteiger partial charge in [-0.1, -0.05) is 37.3 Å². The van der Waals surface area contributed by atoms with Gasteiger partial charge in [-0.3, -0.25) is 0 Å². The number of epoxide rings is 1. The second-order valence-corrected chi connectivity index (χ2v) is 6.38. The zero-order valence-electron chi connectivity index (χ0n) is 12.6. The first-order chi connectivity index (χ1) is 9.35. The molecule has 0 amide bonds. The summed E-state index contributed by atoms with van der Waals surface area (Å²) in [5, 5.41) is 9.28. The van der Waals surface area contributed by atoms with E-state index >= 15 is 0 Å². The van der Waals surface area contributed by atoms with E-state index in [1.807, 2.05) is 18.2 Å². The highest BCUT2D eigenvalue weighted by molar-refractivity contribution is 5.51. The number of hydrogen-bond acceptors (Lipinski definition) is 2. The van der Waals surface area contributed by atoms with Crippen molar-refractivity contribution in [1.82, 2.24) is 0 Å². The number of hydrogen-bond donors (Lipinski definition) is 1. The molecule has 0 saturated carbocycles. The van der Waals surface area contributed by atoms with Gasteiger partial charge in [0.05, 0.1) is 11.7 Å². The number of allylic oxidation sites excluding steroid dienone is 2. The van der Waals surface area contributed by atoms with Gasteiger partial charge in [-0.15, -0.1) is 6.58 Å². The summed E-state index contributed by atoms with van der Waals surface area (Å²) < 4.78 is 5.63. The van der Waals surface area contributed by atoms with Crippen molar-refractivity contribution >= 4 is 6.08 Å². The number of phenolic OH excluding ortho intramolecular Hbond substituents is 1. The Kier molecular flexibility index (Phi) is 4.05. The molecule has 1 saturated heterocycles. The van der Waals surface area contributed by atoms with Crippen molar-refractivity contribution < 1.29 is 9.84 Å². The molecule has 0 aliphatic carbocycles. The summed E-state index contributed by atoms with van der Waals surface area (Å²) in [6, 6.07) is 7.21. The van der Waals surface area contributed by atoms with Crippen molar-refractivity contribution in [2.45, 2.75) is 45.3 Å². The lowest BCUT2D eigenvalue weighted by molar-refractivity contribution is 0.311. The predicted octanol–water partition coefficient (Wildman–Crippen LogP) is 4.56. The van der Waals surface area contributed by atoms with Crippen molar-refractivity contribution in [1.29, 1.82) is 0 Å². The standard InChI is InChI=1S/C18H24O2/c1-5-18(4,13-11-16-17(2,3)20-16)12-10-14-6-8-15(19)9-7-14/h5-10,12,16,19H,1,11,13H2,2-4H3/b12-10+/t16?,18-/m0/s1. The normalized spacial score (nSPS) is 23.4. The van der Waals surface area contributed by atoms with Gasteiger partial charge >= 0.3 is 0 Å². The van der Waals surface area contributed by atoms with Gasteiger partial charge in [0.2, 0.25) is 0 Å². The van der Waals surface area contributed by atoms with Crippen molar-refractivity contribution in [2.24, 2.45) is 5.41 Å². The fraction of sp³-hybridized carbons (Fsp3) is 0.444. The Bertz CT molecular complexity index is 499. The smallest absolute Gasteiger partial charge is 0.115 e. The average Bonchev–Trinajstić information content (AvgIpc) is 3.04. The van der Waals surface area contributed by atoms with Gasteiger partial charge in [0.1, 0.15) is 5.75 Å². The molecule has 1 aliphatic heterocycles. The van der Waals surface area contributed by atoms with Crippen LogP contribution in [0.4, 0.5) is 0 Å². The van der Waals surface area contributed by atoms with E-state index in [2.05, 4.69) is 39.5 Å². The molecule has 1 aromatic rings. The van der Waals surface area contributed by atoms with E-state index in [4.69, 9.17) is 4.74 Å². The highest BCUT2D eigenvalue weighted by atomic mass is 16.6. The molecular formula is C18H24O2. The molecule has 0 spiro atoms. The monoisotopic (exact) mass is 272 g/mol. The van der Waals surface area contributed by atoms with Crippen LogP contribution in [0.1, 0.15) is 39.2 Å². The number of benzene rings is 1. The van der Waals surface area contributed by atoms with E-state index in [0.29, 0.717) is 11.9 Å². The van der Waals surface area contributed by atoms with Gasteiger partial charge < -0.3 is 9.84 Å². The summed E-state index contributed by atoms with van der Waals surface area (Å²) in [6.07, 6.45) is 8.72. The third-order valence-electron chi connectivity index (χ3n) is 4.13. The van der Waals surface area contributed by atoms with Crippen LogP contribution in [0.15, 0.2) is 43.0 Å². The predicted molar refractivity (Wildman–Crippen MR) is 83.6 cm³/mol. The molecule has 1 aromatic carbocycles. The van der Waals surface area contributed by atoms with Crippen molar-refractivity contribution in [2.75, 3.05) is 0 Å². The molecule has 20 heavy (non-hydrogen) atoms. The lowest BCUT2D eigenvalue weighted by Crippen LogP contribution is -2.12. The van der Waals surface area contributed by atoms with Crippen LogP contribution >= 0.6 is 0 Å². The lowest BCUT2D eigenvalue weighted by atomic mass is 9.83. The Morgan fingerprint density at radius 1 is 1.35 bits per heavy atom. The minimum atomic E-state index is -0.0279. The highest BCUT2D eigenvalue weighted by Gasteiger charge is 2.47. The molecule has 2 atom stereocenters. The lowest BCUT2D eigenvalue weighted by Gasteiger charge is -2.21. The van der Waals surface area contributed by atoms with Gasteiger partial charge in [-0.05, 0) is 44.4 Å². The molecule has 108 valence electrons. The van der Waals surface area contributed by atoms with Crippen molar-refractivity contribution in [3.63, 3.8) is 0 Å². The summed E-state index contributed by atoms with van der Waals surface area (Å²) in [6.45, 7) is 10.4. The van der Waals surface area contributed by atoms with Gasteiger partial charge in [0, 0.05) is 5.41 Å². The van der Waals surface area contributed by atoms with Gasteiger partial charge in [-0.25, -0.2) is 0 Å². The van der Waals surface area contributed by atoms with Gasteiger partial charge in [0.15, 0.2) is 0 Å². The van der Waals surface area contributed by atoms with Crippen LogP contribution in [-0.4, -0.2) is 16.8 Å². The molecule has 1 aliphatic rings. The summed E-state index contributed by atoms with van der Waals surface area (Å²) in [5.74, 6) is 0.293. The number of aromatic hydroxyl groups is 1. The maximum Gasteiger partial charge on any atom is 0.115 e. The number of phenols is 1. The van der Waals surface area contributed by atoms with E-state index < -0.39 is 0 Å². The second kappa shape index (κ2) is 5.45. The first kappa shape index (κ1) is 14.9. The molecule has 0 bridgehead atoms. The zero-order valence-corrected chi connectivity index (χ0v) is 12.6. The molecule has 1 N–H and O–H groups in total. The summed E-state index contributed by atoms with van der Waals surface area (Å²) in [4.78, 5) is 0. The van der Waals surface area contributed by atoms with Crippen LogP contribution in [0, 0.1) is 5.41 Å². The van der Waals surface area contributed by atoms with Crippen molar-refractivity contribution in [3.8, 4) is 5.75 Å². The molecular weight excluding hydrogens is 248 g/mol. The van der Waals surface area contributed by atoms with Crippen LogP contribution in [0.25, 0.3) is 6.08 Å². The Morgan fingerprint density at radius 2 is 1.95 bits per heavy atom. The maximum atomic E-state index is 9.28. The van der Waals surface area contributed by atoms with Crippen LogP contribution in [0.5, 0.6) is 5.75 Å². The maximum absolute atomic E-state index is 9.28. The van der Waals surface area contributed by atoms with Gasteiger partial charge in [-0.2, -0.15) is 0 Å². The van der Waals surface area contributed by atoms with E-state index in [1.165, 1.54) is 0 Å². The van der Waals surface area contributed by atoms with E-state index in [9.17, 15) is 5.11 Å². The fourth-order valence-electron chi connectivity index (χ4n) is 2.31. The molecule has 1 unspecified atom stereocenters. The Hall–Kier alpha value is -1.54. The van der Waals surface area contributed by atoms with E-state index in [-0.39, 0.29) is 11.0 Å². The average molecular weight is 272 g/mol. The largest absolute Gasteiger partial charge is 0.508 e. The Morgan fingerprint density at radius 3 is 2.45 bits per heavy atom. The Balaban J connectivity index is 1.96. The zero-order chi connectivity index (χ0) is 14.8. The summed E-state index contributed by atoms with van der Waals surface area (Å²) in [7, 11) is 0. The Labute approximate surface area is 121 Å². The molecule has 0 radical (unpaired) electrons. The fourth-order valence-corrected chi connectivity index (χ4v) is 2.31. The van der Waals surface area contributed by atoms with Crippen molar-refractivity contribution in [3.05, 3.63) is 48.6 Å². The third kappa shape index (κ3) is 3.73. The first-order valence-corrected chi connectivity index (χ1v) is 7.14. The van der Waals surface area contributed by atoms with Crippen LogP contribution in [0.3, 0.4) is 0 Å². The first-order valence-electron chi connectivity index (χ1n) is 7.14. The van der Waals surface area contributed by atoms with Crippen LogP contribution in [0.2, 0.25) is 0 Å². The van der Waals surface area contributed by atoms with Crippen LogP contribution in [-0.2, 0) is 4.74 Å². The number of rotatable bonds is 6. The molecule has 2 nitrogen and oxygen atoms in total.